The van der Waals surface area contributed by atoms with E-state index in [0.717, 1.165) is 94.7 Å². The van der Waals surface area contributed by atoms with E-state index in [4.69, 9.17) is 9.97 Å². The van der Waals surface area contributed by atoms with Gasteiger partial charge >= 0.3 is 0 Å². The summed E-state index contributed by atoms with van der Waals surface area (Å²) in [5, 5.41) is 12.7. The van der Waals surface area contributed by atoms with Crippen LogP contribution in [0.3, 0.4) is 0 Å². The average Bonchev–Trinajstić information content (AvgIpc) is 3.73. The molecule has 1 N–H and O–H groups in total. The molecule has 2 heterocycles. The fourth-order valence-corrected chi connectivity index (χ4v) is 9.47. The topological polar surface area (TPSA) is 50.9 Å². The summed E-state index contributed by atoms with van der Waals surface area (Å²) >= 11 is 0. The van der Waals surface area contributed by atoms with Crippen molar-refractivity contribution in [3.05, 3.63) is 217 Å². The zero-order valence-electron chi connectivity index (χ0n) is 40.3. The van der Waals surface area contributed by atoms with Crippen molar-refractivity contribution in [3.63, 3.8) is 0 Å². The molecule has 0 aliphatic heterocycles. The lowest BCUT2D eigenvalue weighted by Crippen LogP contribution is -2.17. The number of aryl methyl sites for hydroxylation is 2. The summed E-state index contributed by atoms with van der Waals surface area (Å²) in [6, 6.07) is 67.0. The lowest BCUT2D eigenvalue weighted by Gasteiger charge is -2.28. The maximum Gasteiger partial charge on any atom is 0.149 e. The number of fused-ring (bicyclic) bond motifs is 1. The number of hydrogen-bond acceptors (Lipinski definition) is 3. The third-order valence-corrected chi connectivity index (χ3v) is 13.3. The fraction of sp³-hybridized carbons (Fsp3) is 0.156. The molecule has 0 bridgehead atoms. The number of pyridine rings is 1. The first-order valence-electron chi connectivity index (χ1n) is 23.6. The van der Waals surface area contributed by atoms with E-state index < -0.39 is 0 Å². The first kappa shape index (κ1) is 44.0. The Balaban J connectivity index is 1.30. The van der Waals surface area contributed by atoms with Gasteiger partial charge in [0.05, 0.1) is 28.0 Å². The van der Waals surface area contributed by atoms with Gasteiger partial charge in [-0.1, -0.05) is 181 Å². The van der Waals surface area contributed by atoms with Crippen molar-refractivity contribution in [2.75, 3.05) is 0 Å². The van der Waals surface area contributed by atoms with Crippen LogP contribution < -0.4 is 0 Å². The molecule has 334 valence electrons. The van der Waals surface area contributed by atoms with Gasteiger partial charge in [-0.05, 0) is 135 Å². The summed E-state index contributed by atoms with van der Waals surface area (Å²) < 4.78 is 2.30. The average molecular weight is 884 g/mol. The maximum atomic E-state index is 12.7. The molecule has 0 unspecified atom stereocenters. The number of nitrogens with zero attached hydrogens (tertiary/aromatic N) is 3. The van der Waals surface area contributed by atoms with Crippen LogP contribution in [0.15, 0.2) is 194 Å². The molecule has 4 heteroatoms. The van der Waals surface area contributed by atoms with E-state index in [2.05, 4.69) is 248 Å². The normalized spacial score (nSPS) is 11.9. The second kappa shape index (κ2) is 17.4. The van der Waals surface area contributed by atoms with Gasteiger partial charge in [0.2, 0.25) is 0 Å². The third kappa shape index (κ3) is 8.43. The minimum absolute atomic E-state index is 0.205. The smallest absolute Gasteiger partial charge is 0.149 e. The lowest BCUT2D eigenvalue weighted by molar-refractivity contribution is 0.446. The minimum atomic E-state index is -0.347. The monoisotopic (exact) mass is 883 g/mol. The van der Waals surface area contributed by atoms with Crippen LogP contribution in [-0.2, 0) is 10.8 Å². The predicted octanol–water partition coefficient (Wildman–Crippen LogP) is 17.0. The first-order chi connectivity index (χ1) is 32.7. The summed E-state index contributed by atoms with van der Waals surface area (Å²) in [5.41, 5.74) is 20.1. The Bertz CT molecular complexity index is 3460. The van der Waals surface area contributed by atoms with Gasteiger partial charge in [0.25, 0.3) is 0 Å². The van der Waals surface area contributed by atoms with Gasteiger partial charge in [-0.15, -0.1) is 0 Å². The van der Waals surface area contributed by atoms with Crippen LogP contribution in [0.4, 0.5) is 0 Å². The summed E-state index contributed by atoms with van der Waals surface area (Å²) in [5.74, 6) is 0.918. The lowest BCUT2D eigenvalue weighted by atomic mass is 9.79. The van der Waals surface area contributed by atoms with E-state index in [9.17, 15) is 5.11 Å². The van der Waals surface area contributed by atoms with Crippen molar-refractivity contribution < 1.29 is 5.11 Å². The molecule has 0 fully saturated rings. The van der Waals surface area contributed by atoms with Gasteiger partial charge in [0.1, 0.15) is 11.6 Å². The number of phenolic OH excluding ortho intramolecular Hbond substituents is 1. The number of hydrogen-bond donors (Lipinski definition) is 1. The molecule has 0 atom stereocenters. The van der Waals surface area contributed by atoms with Crippen molar-refractivity contribution in [1.82, 2.24) is 14.5 Å². The summed E-state index contributed by atoms with van der Waals surface area (Å²) in [6.07, 6.45) is 1.91. The zero-order valence-corrected chi connectivity index (χ0v) is 40.3. The van der Waals surface area contributed by atoms with Gasteiger partial charge in [-0.25, -0.2) is 4.98 Å². The zero-order chi connectivity index (χ0) is 47.3. The molecule has 8 aromatic carbocycles. The van der Waals surface area contributed by atoms with Gasteiger partial charge in [0, 0.05) is 28.5 Å². The highest BCUT2D eigenvalue weighted by Gasteiger charge is 2.30. The molecule has 0 aliphatic carbocycles. The number of aromatic hydroxyl groups is 1. The largest absolute Gasteiger partial charge is 0.507 e. The summed E-state index contributed by atoms with van der Waals surface area (Å²) in [6.45, 7) is 17.5. The van der Waals surface area contributed by atoms with E-state index in [1.807, 2.05) is 6.20 Å². The van der Waals surface area contributed by atoms with Crippen molar-refractivity contribution in [1.29, 1.82) is 0 Å². The molecule has 68 heavy (non-hydrogen) atoms. The Hall–Kier alpha value is -7.82. The van der Waals surface area contributed by atoms with Crippen molar-refractivity contribution >= 4 is 11.0 Å². The molecule has 10 rings (SSSR count). The van der Waals surface area contributed by atoms with Gasteiger partial charge in [0.15, 0.2) is 0 Å². The Morgan fingerprint density at radius 1 is 0.441 bits per heavy atom. The molecule has 0 saturated carbocycles. The van der Waals surface area contributed by atoms with Crippen LogP contribution in [0.1, 0.15) is 63.8 Å². The highest BCUT2D eigenvalue weighted by molar-refractivity contribution is 5.99. The Morgan fingerprint density at radius 3 is 1.69 bits per heavy atom. The standard InChI is InChI=1S/C64H57N3O/c1-41-27-29-44(30-28-41)47-31-32-65-57(37-47)50-35-48(43-19-12-9-13-20-43)34-49(36-50)52-25-18-26-58-60(52)66-62(55-38-51(63(3,4)5)39-56(61(55)68)64(6,7)8)67(58)59-40-53(45-21-14-10-15-22-45)42(2)33-54(59)46-23-16-11-17-24-46/h9-40,68H,1-8H3. The highest BCUT2D eigenvalue weighted by atomic mass is 16.3. The molecule has 10 aromatic rings. The van der Waals surface area contributed by atoms with Crippen LogP contribution in [0, 0.1) is 13.8 Å². The number of para-hydroxylation sites is 1. The minimum Gasteiger partial charge on any atom is -0.507 e. The Kier molecular flexibility index (Phi) is 11.3. The predicted molar refractivity (Wildman–Crippen MR) is 285 cm³/mol. The van der Waals surface area contributed by atoms with E-state index >= 15 is 0 Å². The van der Waals surface area contributed by atoms with Crippen LogP contribution in [0.2, 0.25) is 0 Å². The molecule has 0 radical (unpaired) electrons. The van der Waals surface area contributed by atoms with E-state index in [0.29, 0.717) is 11.4 Å². The number of benzene rings is 8. The molecule has 0 aliphatic rings. The van der Waals surface area contributed by atoms with Gasteiger partial charge in [-0.2, -0.15) is 0 Å². The SMILES string of the molecule is Cc1ccc(-c2ccnc(-c3cc(-c4ccccc4)cc(-c4cccc5c4nc(-c4cc(C(C)(C)C)cc(C(C)(C)C)c4O)n5-c4cc(-c5ccccc5)c(C)cc4-c4ccccc4)c3)c2)cc1. The molecule has 0 amide bonds. The molecule has 0 spiro atoms. The molecule has 0 saturated heterocycles. The summed E-state index contributed by atoms with van der Waals surface area (Å²) in [4.78, 5) is 10.7. The third-order valence-electron chi connectivity index (χ3n) is 13.3. The fourth-order valence-electron chi connectivity index (χ4n) is 9.47. The molecular weight excluding hydrogens is 827 g/mol. The Morgan fingerprint density at radius 2 is 1.04 bits per heavy atom. The molecular formula is C64H57N3O. The second-order valence-corrected chi connectivity index (χ2v) is 20.2. The van der Waals surface area contributed by atoms with E-state index in [1.165, 1.54) is 11.1 Å². The Labute approximate surface area is 401 Å². The van der Waals surface area contributed by atoms with Gasteiger partial charge in [-0.3, -0.25) is 9.55 Å². The quantitative estimate of drug-likeness (QED) is 0.165. The number of phenols is 1. The van der Waals surface area contributed by atoms with Crippen molar-refractivity contribution in [2.24, 2.45) is 0 Å². The van der Waals surface area contributed by atoms with Crippen LogP contribution in [0.25, 0.3) is 95.0 Å². The number of aromatic nitrogens is 3. The maximum absolute atomic E-state index is 12.7. The van der Waals surface area contributed by atoms with E-state index in [-0.39, 0.29) is 16.6 Å². The van der Waals surface area contributed by atoms with Crippen LogP contribution in [0.5, 0.6) is 5.75 Å². The molecule has 4 nitrogen and oxygen atoms in total. The first-order valence-corrected chi connectivity index (χ1v) is 23.6. The molecule has 2 aromatic heterocycles. The highest BCUT2D eigenvalue weighted by Crippen LogP contribution is 2.47. The number of rotatable bonds is 8. The second-order valence-electron chi connectivity index (χ2n) is 20.2. The van der Waals surface area contributed by atoms with Crippen molar-refractivity contribution in [3.8, 4) is 89.7 Å². The van der Waals surface area contributed by atoms with Gasteiger partial charge < -0.3 is 5.11 Å². The van der Waals surface area contributed by atoms with Crippen LogP contribution in [-0.4, -0.2) is 19.6 Å². The summed E-state index contributed by atoms with van der Waals surface area (Å²) in [7, 11) is 0. The van der Waals surface area contributed by atoms with Crippen molar-refractivity contribution in [2.45, 2.75) is 66.2 Å². The van der Waals surface area contributed by atoms with E-state index in [1.54, 1.807) is 0 Å². The number of imidazole rings is 1. The van der Waals surface area contributed by atoms with Crippen LogP contribution >= 0.6 is 0 Å².